The van der Waals surface area contributed by atoms with E-state index in [2.05, 4.69) is 4.98 Å². The SMILES string of the molecule is CCOCCOC(=O)Cn1cnc2scc(-c3ccc(OC)c(OC)c3)c2c1=O. The van der Waals surface area contributed by atoms with Gasteiger partial charge in [-0.05, 0) is 24.6 Å². The van der Waals surface area contributed by atoms with Crippen LogP contribution in [-0.4, -0.2) is 49.6 Å². The van der Waals surface area contributed by atoms with Crippen LogP contribution >= 0.6 is 11.3 Å². The third-order valence-electron chi connectivity index (χ3n) is 4.25. The fourth-order valence-electron chi connectivity index (χ4n) is 2.84. The van der Waals surface area contributed by atoms with Gasteiger partial charge in [0, 0.05) is 17.6 Å². The number of hydrogen-bond donors (Lipinski definition) is 0. The van der Waals surface area contributed by atoms with E-state index in [1.165, 1.54) is 22.2 Å². The lowest BCUT2D eigenvalue weighted by atomic mass is 10.1. The molecule has 0 atom stereocenters. The molecule has 0 aliphatic carbocycles. The molecular formula is C20H22N2O6S. The molecule has 0 saturated carbocycles. The van der Waals surface area contributed by atoms with E-state index in [0.717, 1.165) is 11.1 Å². The van der Waals surface area contributed by atoms with Gasteiger partial charge in [-0.2, -0.15) is 0 Å². The smallest absolute Gasteiger partial charge is 0.326 e. The second-order valence-electron chi connectivity index (χ2n) is 5.99. The average Bonchev–Trinajstić information content (AvgIpc) is 3.17. The zero-order chi connectivity index (χ0) is 20.8. The molecule has 29 heavy (non-hydrogen) atoms. The number of ether oxygens (including phenoxy) is 4. The lowest BCUT2D eigenvalue weighted by Gasteiger charge is -2.10. The van der Waals surface area contributed by atoms with Crippen molar-refractivity contribution in [3.8, 4) is 22.6 Å². The van der Waals surface area contributed by atoms with Crippen molar-refractivity contribution in [3.63, 3.8) is 0 Å². The molecule has 2 aromatic heterocycles. The van der Waals surface area contributed by atoms with Crippen LogP contribution in [0.25, 0.3) is 21.3 Å². The first kappa shape index (κ1) is 20.8. The number of hydrogen-bond acceptors (Lipinski definition) is 8. The van der Waals surface area contributed by atoms with Crippen molar-refractivity contribution in [1.29, 1.82) is 0 Å². The Bertz CT molecular complexity index is 1060. The van der Waals surface area contributed by atoms with Crippen LogP contribution in [0.2, 0.25) is 0 Å². The maximum Gasteiger partial charge on any atom is 0.326 e. The molecule has 9 heteroatoms. The summed E-state index contributed by atoms with van der Waals surface area (Å²) in [5.41, 5.74) is 1.22. The molecule has 0 aliphatic heterocycles. The Hall–Kier alpha value is -2.91. The predicted molar refractivity (Wildman–Crippen MR) is 110 cm³/mol. The van der Waals surface area contributed by atoms with Crippen molar-refractivity contribution in [3.05, 3.63) is 40.3 Å². The van der Waals surface area contributed by atoms with Gasteiger partial charge in [-0.15, -0.1) is 11.3 Å². The minimum atomic E-state index is -0.518. The fourth-order valence-corrected chi connectivity index (χ4v) is 3.75. The minimum Gasteiger partial charge on any atom is -0.493 e. The van der Waals surface area contributed by atoms with Crippen LogP contribution in [0.5, 0.6) is 11.5 Å². The number of rotatable bonds is 9. The van der Waals surface area contributed by atoms with Crippen molar-refractivity contribution in [2.45, 2.75) is 13.5 Å². The van der Waals surface area contributed by atoms with Crippen molar-refractivity contribution >= 4 is 27.5 Å². The maximum absolute atomic E-state index is 13.0. The molecule has 0 N–H and O–H groups in total. The van der Waals surface area contributed by atoms with E-state index in [4.69, 9.17) is 18.9 Å². The van der Waals surface area contributed by atoms with Gasteiger partial charge in [-0.1, -0.05) is 6.07 Å². The Kier molecular flexibility index (Phi) is 6.84. The molecule has 2 heterocycles. The van der Waals surface area contributed by atoms with E-state index in [-0.39, 0.29) is 18.7 Å². The highest BCUT2D eigenvalue weighted by Gasteiger charge is 2.16. The standard InChI is InChI=1S/C20H22N2O6S/c1-4-27-7-8-28-17(23)10-22-12-21-19-18(20(22)24)14(11-29-19)13-5-6-15(25-2)16(9-13)26-3/h5-6,9,11-12H,4,7-8,10H2,1-3H3. The van der Waals surface area contributed by atoms with Crippen LogP contribution in [0.1, 0.15) is 6.92 Å². The van der Waals surface area contributed by atoms with Crippen LogP contribution < -0.4 is 15.0 Å². The molecule has 0 bridgehead atoms. The van der Waals surface area contributed by atoms with Gasteiger partial charge in [0.2, 0.25) is 0 Å². The highest BCUT2D eigenvalue weighted by Crippen LogP contribution is 2.36. The fraction of sp³-hybridized carbons (Fsp3) is 0.350. The number of thiophene rings is 1. The van der Waals surface area contributed by atoms with Gasteiger partial charge in [0.1, 0.15) is 18.0 Å². The van der Waals surface area contributed by atoms with Crippen molar-refractivity contribution in [2.24, 2.45) is 0 Å². The molecule has 0 saturated heterocycles. The average molecular weight is 418 g/mol. The van der Waals surface area contributed by atoms with E-state index >= 15 is 0 Å². The summed E-state index contributed by atoms with van der Waals surface area (Å²) in [7, 11) is 3.12. The van der Waals surface area contributed by atoms with E-state index in [0.29, 0.717) is 34.9 Å². The summed E-state index contributed by atoms with van der Waals surface area (Å²) in [5.74, 6) is 0.642. The topological polar surface area (TPSA) is 88.9 Å². The molecule has 3 aromatic rings. The van der Waals surface area contributed by atoms with Crippen LogP contribution in [0.15, 0.2) is 34.7 Å². The highest BCUT2D eigenvalue weighted by molar-refractivity contribution is 7.17. The molecule has 154 valence electrons. The van der Waals surface area contributed by atoms with E-state index in [9.17, 15) is 9.59 Å². The molecule has 0 amide bonds. The number of aromatic nitrogens is 2. The largest absolute Gasteiger partial charge is 0.493 e. The summed E-state index contributed by atoms with van der Waals surface area (Å²) in [6.07, 6.45) is 1.36. The summed E-state index contributed by atoms with van der Waals surface area (Å²) in [6, 6.07) is 5.43. The number of nitrogens with zero attached hydrogens (tertiary/aromatic N) is 2. The Balaban J connectivity index is 1.91. The van der Waals surface area contributed by atoms with Gasteiger partial charge in [0.25, 0.3) is 5.56 Å². The van der Waals surface area contributed by atoms with E-state index in [1.807, 2.05) is 18.4 Å². The van der Waals surface area contributed by atoms with Gasteiger partial charge >= 0.3 is 5.97 Å². The molecule has 0 spiro atoms. The molecule has 0 fully saturated rings. The number of carbonyl (C=O) groups excluding carboxylic acids is 1. The molecule has 0 radical (unpaired) electrons. The van der Waals surface area contributed by atoms with E-state index in [1.54, 1.807) is 26.4 Å². The van der Waals surface area contributed by atoms with Gasteiger partial charge in [0.05, 0.1) is 32.5 Å². The summed E-state index contributed by atoms with van der Waals surface area (Å²) < 4.78 is 22.1. The molecule has 0 aliphatic rings. The van der Waals surface area contributed by atoms with Gasteiger partial charge in [0.15, 0.2) is 11.5 Å². The van der Waals surface area contributed by atoms with Crippen LogP contribution in [0.4, 0.5) is 0 Å². The molecule has 8 nitrogen and oxygen atoms in total. The predicted octanol–water partition coefficient (Wildman–Crippen LogP) is 2.72. The number of esters is 1. The highest BCUT2D eigenvalue weighted by atomic mass is 32.1. The lowest BCUT2D eigenvalue weighted by molar-refractivity contribution is -0.145. The monoisotopic (exact) mass is 418 g/mol. The molecule has 3 rings (SSSR count). The van der Waals surface area contributed by atoms with Crippen molar-refractivity contribution in [2.75, 3.05) is 34.0 Å². The third-order valence-corrected chi connectivity index (χ3v) is 5.14. The molecular weight excluding hydrogens is 396 g/mol. The summed E-state index contributed by atoms with van der Waals surface area (Å²) in [4.78, 5) is 30.0. The van der Waals surface area contributed by atoms with Crippen LogP contribution in [0, 0.1) is 0 Å². The summed E-state index contributed by atoms with van der Waals surface area (Å²) in [5, 5.41) is 2.32. The number of methoxy groups -OCH3 is 2. The summed E-state index contributed by atoms with van der Waals surface area (Å²) >= 11 is 1.36. The van der Waals surface area contributed by atoms with Crippen molar-refractivity contribution < 1.29 is 23.7 Å². The Morgan fingerprint density at radius 3 is 2.69 bits per heavy atom. The second kappa shape index (κ2) is 9.53. The first-order valence-corrected chi connectivity index (χ1v) is 9.89. The third kappa shape index (κ3) is 4.57. The van der Waals surface area contributed by atoms with E-state index < -0.39 is 5.97 Å². The van der Waals surface area contributed by atoms with Gasteiger partial charge in [-0.3, -0.25) is 14.2 Å². The number of benzene rings is 1. The second-order valence-corrected chi connectivity index (χ2v) is 6.85. The molecule has 0 unspecified atom stereocenters. The number of fused-ring (bicyclic) bond motifs is 1. The zero-order valence-corrected chi connectivity index (χ0v) is 17.3. The Morgan fingerprint density at radius 1 is 1.17 bits per heavy atom. The van der Waals surface area contributed by atoms with Gasteiger partial charge in [-0.25, -0.2) is 4.98 Å². The van der Waals surface area contributed by atoms with Gasteiger partial charge < -0.3 is 18.9 Å². The Morgan fingerprint density at radius 2 is 1.97 bits per heavy atom. The quantitative estimate of drug-likeness (QED) is 0.390. The lowest BCUT2D eigenvalue weighted by Crippen LogP contribution is -2.26. The molecule has 1 aromatic carbocycles. The maximum atomic E-state index is 13.0. The van der Waals surface area contributed by atoms with Crippen molar-refractivity contribution in [1.82, 2.24) is 9.55 Å². The zero-order valence-electron chi connectivity index (χ0n) is 16.5. The Labute approximate surface area is 171 Å². The van der Waals surface area contributed by atoms with Crippen LogP contribution in [0.3, 0.4) is 0 Å². The first-order chi connectivity index (χ1) is 14.1. The summed E-state index contributed by atoms with van der Waals surface area (Å²) in [6.45, 7) is 2.66. The van der Waals surface area contributed by atoms with Crippen LogP contribution in [-0.2, 0) is 20.8 Å². The normalized spacial score (nSPS) is 10.9. The first-order valence-electron chi connectivity index (χ1n) is 9.01. The minimum absolute atomic E-state index is 0.145. The number of carbonyl (C=O) groups is 1.